The zero-order valence-corrected chi connectivity index (χ0v) is 24.5. The Hall–Kier alpha value is -5.56. The number of carbonyl (C=O) groups is 2. The van der Waals surface area contributed by atoms with Crippen LogP contribution in [0.25, 0.3) is 0 Å². The van der Waals surface area contributed by atoms with Crippen LogP contribution < -0.4 is 10.2 Å². The molecule has 1 fully saturated rings. The first-order chi connectivity index (χ1) is 21.5. The van der Waals surface area contributed by atoms with Crippen LogP contribution in [0.4, 0.5) is 11.4 Å². The summed E-state index contributed by atoms with van der Waals surface area (Å²) < 4.78 is 0. The van der Waals surface area contributed by atoms with E-state index in [1.165, 1.54) is 0 Å². The summed E-state index contributed by atoms with van der Waals surface area (Å²) in [5.74, 6) is -0.485. The molecule has 44 heavy (non-hydrogen) atoms. The molecule has 1 saturated heterocycles. The Kier molecular flexibility index (Phi) is 8.28. The maximum atomic E-state index is 13.6. The molecule has 7 heteroatoms. The van der Waals surface area contributed by atoms with Crippen LogP contribution in [-0.2, 0) is 17.9 Å². The minimum absolute atomic E-state index is 0.159. The molecular formula is C37H33N5O2. The van der Waals surface area contributed by atoms with Crippen molar-refractivity contribution in [1.29, 1.82) is 0 Å². The van der Waals surface area contributed by atoms with Crippen LogP contribution in [0.1, 0.15) is 40.0 Å². The summed E-state index contributed by atoms with van der Waals surface area (Å²) in [6.07, 6.45) is 0. The number of para-hydroxylation sites is 1. The fourth-order valence-corrected chi connectivity index (χ4v) is 5.58. The van der Waals surface area contributed by atoms with Gasteiger partial charge in [-0.25, -0.2) is 0 Å². The number of rotatable bonds is 10. The smallest absolute Gasteiger partial charge is 0.255 e. The molecule has 1 N–H and O–H groups in total. The van der Waals surface area contributed by atoms with E-state index >= 15 is 0 Å². The van der Waals surface area contributed by atoms with Crippen molar-refractivity contribution in [2.45, 2.75) is 31.6 Å². The molecule has 2 atom stereocenters. The molecule has 7 nitrogen and oxygen atoms in total. The molecule has 0 radical (unpaired) electrons. The fourth-order valence-electron chi connectivity index (χ4n) is 5.58. The van der Waals surface area contributed by atoms with Gasteiger partial charge in [0.1, 0.15) is 5.54 Å². The molecule has 0 spiro atoms. The average molecular weight is 580 g/mol. The lowest BCUT2D eigenvalue weighted by Gasteiger charge is -2.54. The highest BCUT2D eigenvalue weighted by atomic mass is 16.2. The number of hydrogen-bond acceptors (Lipinski definition) is 4. The first-order valence-corrected chi connectivity index (χ1v) is 14.6. The van der Waals surface area contributed by atoms with E-state index in [4.69, 9.17) is 0 Å². The van der Waals surface area contributed by atoms with Gasteiger partial charge in [-0.3, -0.25) is 19.5 Å². The first-order valence-electron chi connectivity index (χ1n) is 14.6. The second kappa shape index (κ2) is 12.8. The molecule has 218 valence electrons. The van der Waals surface area contributed by atoms with E-state index in [2.05, 4.69) is 39.9 Å². The number of hydrogen-bond donors (Lipinski definition) is 1. The molecule has 0 aromatic heterocycles. The highest BCUT2D eigenvalue weighted by molar-refractivity contribution is 6.12. The summed E-state index contributed by atoms with van der Waals surface area (Å²) in [5.41, 5.74) is 3.96. The van der Waals surface area contributed by atoms with Gasteiger partial charge in [0.05, 0.1) is 24.8 Å². The van der Waals surface area contributed by atoms with Crippen molar-refractivity contribution in [3.63, 3.8) is 0 Å². The molecular weight excluding hydrogens is 546 g/mol. The molecule has 0 bridgehead atoms. The lowest BCUT2D eigenvalue weighted by Crippen LogP contribution is -2.74. The van der Waals surface area contributed by atoms with E-state index in [1.54, 1.807) is 36.1 Å². The van der Waals surface area contributed by atoms with E-state index in [0.717, 1.165) is 22.4 Å². The number of benzene rings is 5. The lowest BCUT2D eigenvalue weighted by molar-refractivity contribution is -0.133. The number of carbonyl (C=O) groups excluding carboxylic acids is 2. The largest absolute Gasteiger partial charge is 0.336 e. The van der Waals surface area contributed by atoms with Crippen LogP contribution in [0, 0.1) is 0 Å². The Bertz CT molecular complexity index is 1690. The third-order valence-electron chi connectivity index (χ3n) is 7.82. The molecule has 0 saturated carbocycles. The van der Waals surface area contributed by atoms with Crippen LogP contribution in [0.3, 0.4) is 0 Å². The van der Waals surface area contributed by atoms with E-state index in [-0.39, 0.29) is 17.9 Å². The Morgan fingerprint density at radius 3 is 1.77 bits per heavy atom. The van der Waals surface area contributed by atoms with Crippen molar-refractivity contribution in [3.8, 4) is 0 Å². The number of nitrogens with one attached hydrogen (secondary N) is 1. The molecule has 0 aliphatic carbocycles. The monoisotopic (exact) mass is 579 g/mol. The van der Waals surface area contributed by atoms with Gasteiger partial charge in [0.15, 0.2) is 0 Å². The van der Waals surface area contributed by atoms with E-state index in [1.807, 2.05) is 102 Å². The highest BCUT2D eigenvalue weighted by Gasteiger charge is 2.59. The molecule has 5 aromatic rings. The summed E-state index contributed by atoms with van der Waals surface area (Å²) in [4.78, 5) is 28.8. The third-order valence-corrected chi connectivity index (χ3v) is 7.82. The summed E-state index contributed by atoms with van der Waals surface area (Å²) in [7, 11) is 0. The number of β-lactam (4-membered cyclic amide) rings is 1. The lowest BCUT2D eigenvalue weighted by atomic mass is 9.75. The minimum Gasteiger partial charge on any atom is -0.336 e. The van der Waals surface area contributed by atoms with Crippen LogP contribution in [0.15, 0.2) is 156 Å². The summed E-state index contributed by atoms with van der Waals surface area (Å²) in [6, 6.07) is 46.2. The molecule has 1 heterocycles. The van der Waals surface area contributed by atoms with Gasteiger partial charge in [-0.05, 0) is 60.0 Å². The zero-order valence-electron chi connectivity index (χ0n) is 24.5. The topological polar surface area (TPSA) is 77.4 Å². The van der Waals surface area contributed by atoms with Gasteiger partial charge in [0.25, 0.3) is 11.8 Å². The number of amides is 2. The van der Waals surface area contributed by atoms with Gasteiger partial charge < -0.3 is 5.32 Å². The third kappa shape index (κ3) is 6.13. The van der Waals surface area contributed by atoms with E-state index in [0.29, 0.717) is 24.3 Å². The fraction of sp³-hybridized carbons (Fsp3) is 0.135. The Morgan fingerprint density at radius 1 is 0.727 bits per heavy atom. The number of nitrogens with zero attached hydrogens (tertiary/aromatic N) is 4. The van der Waals surface area contributed by atoms with Gasteiger partial charge in [0, 0.05) is 11.3 Å². The van der Waals surface area contributed by atoms with Crippen LogP contribution >= 0.6 is 0 Å². The molecule has 5 aromatic carbocycles. The minimum atomic E-state index is -1.11. The Balaban J connectivity index is 1.17. The number of anilines is 1. The van der Waals surface area contributed by atoms with Crippen LogP contribution in [0.2, 0.25) is 0 Å². The predicted molar refractivity (Wildman–Crippen MR) is 172 cm³/mol. The maximum Gasteiger partial charge on any atom is 0.255 e. The van der Waals surface area contributed by atoms with Gasteiger partial charge in [-0.1, -0.05) is 114 Å². The Morgan fingerprint density at radius 2 is 1.23 bits per heavy atom. The first kappa shape index (κ1) is 28.6. The summed E-state index contributed by atoms with van der Waals surface area (Å²) in [6.45, 7) is 3.00. The van der Waals surface area contributed by atoms with Crippen LogP contribution in [0.5, 0.6) is 0 Å². The molecule has 0 unspecified atom stereocenters. The van der Waals surface area contributed by atoms with Crippen molar-refractivity contribution >= 4 is 23.2 Å². The van der Waals surface area contributed by atoms with Gasteiger partial charge in [0.2, 0.25) is 0 Å². The van der Waals surface area contributed by atoms with Gasteiger partial charge in [-0.15, -0.1) is 5.11 Å². The predicted octanol–water partition coefficient (Wildman–Crippen LogP) is 7.66. The molecule has 6 rings (SSSR count). The Labute approximate surface area is 257 Å². The normalized spacial score (nSPS) is 17.7. The molecule has 1 aliphatic heterocycles. The summed E-state index contributed by atoms with van der Waals surface area (Å²) in [5, 5.41) is 14.0. The van der Waals surface area contributed by atoms with Gasteiger partial charge >= 0.3 is 0 Å². The van der Waals surface area contributed by atoms with Crippen molar-refractivity contribution in [1.82, 2.24) is 10.3 Å². The van der Waals surface area contributed by atoms with Crippen LogP contribution in [-0.4, -0.2) is 22.4 Å². The zero-order chi connectivity index (χ0) is 30.4. The molecule has 1 aliphatic rings. The van der Waals surface area contributed by atoms with Crippen molar-refractivity contribution in [2.24, 2.45) is 10.3 Å². The second-order valence-electron chi connectivity index (χ2n) is 11.0. The highest BCUT2D eigenvalue weighted by Crippen LogP contribution is 2.46. The maximum absolute atomic E-state index is 13.6. The second-order valence-corrected chi connectivity index (χ2v) is 11.0. The quantitative estimate of drug-likeness (QED) is 0.105. The van der Waals surface area contributed by atoms with E-state index < -0.39 is 5.54 Å². The van der Waals surface area contributed by atoms with Crippen molar-refractivity contribution < 1.29 is 9.59 Å². The van der Waals surface area contributed by atoms with E-state index in [9.17, 15) is 9.59 Å². The SMILES string of the molecule is C[C@]1(NC(=O)c2ccc(N=NN(Cc3ccccc3)Cc3ccccc3)cc2)C(=O)N(c2ccccc2)[C@@H]1c1ccccc1. The van der Waals surface area contributed by atoms with Crippen molar-refractivity contribution in [2.75, 3.05) is 4.90 Å². The van der Waals surface area contributed by atoms with Gasteiger partial charge in [-0.2, -0.15) is 0 Å². The summed E-state index contributed by atoms with van der Waals surface area (Å²) >= 11 is 0. The average Bonchev–Trinajstić information content (AvgIpc) is 3.07. The standard InChI is InChI=1S/C37H33N5O2/c1-37(34(30-18-10-4-11-19-30)42(36(37)44)33-20-12-5-13-21-33)38-35(43)31-22-24-32(25-23-31)39-40-41(26-28-14-6-2-7-15-28)27-29-16-8-3-9-17-29/h2-25,34H,26-27H2,1H3,(H,38,43)/t34-,37-/m1/s1. The van der Waals surface area contributed by atoms with Crippen molar-refractivity contribution in [3.05, 3.63) is 168 Å². The molecule has 2 amide bonds.